The van der Waals surface area contributed by atoms with Gasteiger partial charge in [0, 0.05) is 18.3 Å². The Labute approximate surface area is 153 Å². The molecule has 0 aromatic heterocycles. The summed E-state index contributed by atoms with van der Waals surface area (Å²) in [5.41, 5.74) is 3.51. The molecule has 2 fully saturated rings. The van der Waals surface area contributed by atoms with E-state index in [4.69, 9.17) is 4.74 Å². The molecule has 0 heterocycles. The number of hydrogen-bond donors (Lipinski definition) is 0. The minimum absolute atomic E-state index is 0.0190. The first-order chi connectivity index (χ1) is 11.9. The molecular weight excluding hydrogens is 308 g/mol. The quantitative estimate of drug-likeness (QED) is 0.645. The molecule has 0 amide bonds. The van der Waals surface area contributed by atoms with Gasteiger partial charge in [0.05, 0.1) is 12.4 Å². The highest BCUT2D eigenvalue weighted by atomic mass is 16.5. The van der Waals surface area contributed by atoms with Crippen molar-refractivity contribution in [3.63, 3.8) is 0 Å². The van der Waals surface area contributed by atoms with E-state index < -0.39 is 0 Å². The number of allylic oxidation sites excluding steroid dienone is 4. The molecule has 4 aliphatic rings. The predicted molar refractivity (Wildman–Crippen MR) is 101 cm³/mol. The third kappa shape index (κ3) is 2.39. The van der Waals surface area contributed by atoms with Gasteiger partial charge >= 0.3 is 0 Å². The summed E-state index contributed by atoms with van der Waals surface area (Å²) in [5, 5.41) is 0. The van der Waals surface area contributed by atoms with E-state index in [-0.39, 0.29) is 5.41 Å². The Kier molecular flexibility index (Phi) is 4.16. The van der Waals surface area contributed by atoms with Crippen LogP contribution in [0.15, 0.2) is 23.0 Å². The molecule has 4 rings (SSSR count). The van der Waals surface area contributed by atoms with E-state index >= 15 is 0 Å². The van der Waals surface area contributed by atoms with Crippen molar-refractivity contribution in [3.05, 3.63) is 23.0 Å². The van der Waals surface area contributed by atoms with Crippen LogP contribution in [0.4, 0.5) is 0 Å². The topological polar surface area (TPSA) is 26.3 Å². The van der Waals surface area contributed by atoms with Crippen LogP contribution >= 0.6 is 0 Å². The standard InChI is InChI=1S/C23H34O2/c1-5-15-13-17-18-7-8-21(24)23(18,4)12-10-19(17)22(3)11-9-16(25-6-2)14-20(15)22/h14,17-19H,5-13H2,1-4H3. The van der Waals surface area contributed by atoms with Crippen LogP contribution in [0.5, 0.6) is 0 Å². The number of fused-ring (bicyclic) bond motifs is 5. The molecule has 0 bridgehead atoms. The summed E-state index contributed by atoms with van der Waals surface area (Å²) in [7, 11) is 0. The van der Waals surface area contributed by atoms with Crippen LogP contribution in [0.3, 0.4) is 0 Å². The second-order valence-corrected chi connectivity index (χ2v) is 9.33. The van der Waals surface area contributed by atoms with Crippen molar-refractivity contribution in [1.29, 1.82) is 0 Å². The van der Waals surface area contributed by atoms with Crippen LogP contribution in [0.1, 0.15) is 79.1 Å². The van der Waals surface area contributed by atoms with Gasteiger partial charge in [-0.15, -0.1) is 0 Å². The largest absolute Gasteiger partial charge is 0.498 e. The molecule has 0 aromatic carbocycles. The van der Waals surface area contributed by atoms with Gasteiger partial charge in [-0.25, -0.2) is 0 Å². The normalized spacial score (nSPS) is 43.3. The number of carbonyl (C=O) groups excluding carboxylic acids is 1. The summed E-state index contributed by atoms with van der Waals surface area (Å²) in [5.74, 6) is 3.83. The molecule has 0 N–H and O–H groups in total. The second-order valence-electron chi connectivity index (χ2n) is 9.33. The number of Topliss-reactive ketones (excluding diaryl/α,β-unsaturated/α-hetero) is 1. The van der Waals surface area contributed by atoms with E-state index in [2.05, 4.69) is 33.8 Å². The predicted octanol–water partition coefficient (Wildman–Crippen LogP) is 5.83. The lowest BCUT2D eigenvalue weighted by Gasteiger charge is -2.57. The molecule has 25 heavy (non-hydrogen) atoms. The van der Waals surface area contributed by atoms with Crippen molar-refractivity contribution in [3.8, 4) is 0 Å². The van der Waals surface area contributed by atoms with Crippen molar-refractivity contribution in [2.24, 2.45) is 28.6 Å². The number of carbonyl (C=O) groups is 1. The van der Waals surface area contributed by atoms with E-state index in [0.29, 0.717) is 17.1 Å². The Morgan fingerprint density at radius 2 is 1.84 bits per heavy atom. The van der Waals surface area contributed by atoms with E-state index in [1.165, 1.54) is 25.0 Å². The fourth-order valence-corrected chi connectivity index (χ4v) is 6.97. The van der Waals surface area contributed by atoms with Gasteiger partial charge in [-0.1, -0.05) is 26.3 Å². The van der Waals surface area contributed by atoms with E-state index in [1.807, 2.05) is 0 Å². The molecular formula is C23H34O2. The highest BCUT2D eigenvalue weighted by Crippen LogP contribution is 2.65. The number of ether oxygens (including phenoxy) is 1. The van der Waals surface area contributed by atoms with Gasteiger partial charge in [-0.3, -0.25) is 4.79 Å². The summed E-state index contributed by atoms with van der Waals surface area (Å²) < 4.78 is 5.89. The maximum atomic E-state index is 12.6. The van der Waals surface area contributed by atoms with Crippen molar-refractivity contribution >= 4 is 5.78 Å². The van der Waals surface area contributed by atoms with Crippen molar-refractivity contribution in [2.75, 3.05) is 6.61 Å². The first-order valence-electron chi connectivity index (χ1n) is 10.5. The average Bonchev–Trinajstić information content (AvgIpc) is 2.90. The van der Waals surface area contributed by atoms with Gasteiger partial charge in [0.1, 0.15) is 5.78 Å². The lowest BCUT2D eigenvalue weighted by Crippen LogP contribution is -2.50. The Morgan fingerprint density at radius 1 is 1.08 bits per heavy atom. The maximum absolute atomic E-state index is 12.6. The fraction of sp³-hybridized carbons (Fsp3) is 0.783. The summed E-state index contributed by atoms with van der Waals surface area (Å²) >= 11 is 0. The monoisotopic (exact) mass is 342 g/mol. The van der Waals surface area contributed by atoms with Crippen molar-refractivity contribution in [2.45, 2.75) is 79.1 Å². The highest BCUT2D eigenvalue weighted by Gasteiger charge is 2.59. The fourth-order valence-electron chi connectivity index (χ4n) is 6.97. The summed E-state index contributed by atoms with van der Waals surface area (Å²) in [6, 6.07) is 0. The molecule has 0 saturated heterocycles. The molecule has 5 unspecified atom stereocenters. The summed E-state index contributed by atoms with van der Waals surface area (Å²) in [4.78, 5) is 12.6. The van der Waals surface area contributed by atoms with Crippen LogP contribution in [0, 0.1) is 28.6 Å². The lowest BCUT2D eigenvalue weighted by atomic mass is 9.47. The lowest BCUT2D eigenvalue weighted by molar-refractivity contribution is -0.131. The van der Waals surface area contributed by atoms with Crippen LogP contribution in [0.25, 0.3) is 0 Å². The molecule has 2 heteroatoms. The SMILES string of the molecule is CCOC1=CC2=C(CC)CC3C4CCC(=O)C4(C)CCC3C2(C)CC1. The Morgan fingerprint density at radius 3 is 2.56 bits per heavy atom. The Balaban J connectivity index is 1.75. The molecule has 0 spiro atoms. The minimum atomic E-state index is -0.0190. The van der Waals surface area contributed by atoms with Crippen LogP contribution in [0.2, 0.25) is 0 Å². The van der Waals surface area contributed by atoms with Gasteiger partial charge < -0.3 is 4.74 Å². The third-order valence-corrected chi connectivity index (χ3v) is 8.40. The Bertz CT molecular complexity index is 642. The summed E-state index contributed by atoms with van der Waals surface area (Å²) in [6.07, 6.45) is 11.4. The summed E-state index contributed by atoms with van der Waals surface area (Å²) in [6.45, 7) is 9.97. The van der Waals surface area contributed by atoms with Gasteiger partial charge in [-0.2, -0.15) is 0 Å². The molecule has 2 nitrogen and oxygen atoms in total. The molecule has 2 saturated carbocycles. The maximum Gasteiger partial charge on any atom is 0.139 e. The van der Waals surface area contributed by atoms with Gasteiger partial charge in [-0.05, 0) is 80.3 Å². The van der Waals surface area contributed by atoms with Crippen LogP contribution in [-0.4, -0.2) is 12.4 Å². The van der Waals surface area contributed by atoms with E-state index in [9.17, 15) is 4.79 Å². The molecule has 0 aromatic rings. The first kappa shape index (κ1) is 17.4. The van der Waals surface area contributed by atoms with Gasteiger partial charge in [0.2, 0.25) is 0 Å². The van der Waals surface area contributed by atoms with Crippen LogP contribution < -0.4 is 0 Å². The molecule has 5 atom stereocenters. The molecule has 0 radical (unpaired) electrons. The average molecular weight is 343 g/mol. The molecule has 4 aliphatic carbocycles. The van der Waals surface area contributed by atoms with Crippen LogP contribution in [-0.2, 0) is 9.53 Å². The van der Waals surface area contributed by atoms with E-state index in [1.54, 1.807) is 11.1 Å². The minimum Gasteiger partial charge on any atom is -0.498 e. The molecule has 0 aliphatic heterocycles. The Hall–Kier alpha value is -1.05. The van der Waals surface area contributed by atoms with E-state index in [0.717, 1.165) is 50.5 Å². The number of hydrogen-bond acceptors (Lipinski definition) is 2. The first-order valence-corrected chi connectivity index (χ1v) is 10.5. The van der Waals surface area contributed by atoms with Crippen molar-refractivity contribution in [1.82, 2.24) is 0 Å². The number of ketones is 1. The third-order valence-electron chi connectivity index (χ3n) is 8.40. The smallest absolute Gasteiger partial charge is 0.139 e. The zero-order chi connectivity index (χ0) is 17.8. The number of rotatable bonds is 3. The molecule has 138 valence electrons. The zero-order valence-corrected chi connectivity index (χ0v) is 16.5. The van der Waals surface area contributed by atoms with Gasteiger partial charge in [0.15, 0.2) is 0 Å². The van der Waals surface area contributed by atoms with Gasteiger partial charge in [0.25, 0.3) is 0 Å². The zero-order valence-electron chi connectivity index (χ0n) is 16.5. The highest BCUT2D eigenvalue weighted by molar-refractivity contribution is 5.87. The second kappa shape index (κ2) is 5.99. The van der Waals surface area contributed by atoms with Crippen molar-refractivity contribution < 1.29 is 9.53 Å².